The molecule has 0 heterocycles. The highest BCUT2D eigenvalue weighted by molar-refractivity contribution is 5.66. The molecule has 72 valence electrons. The molecule has 2 aliphatic carbocycles. The number of hydrogen-bond donors (Lipinski definition) is 0. The summed E-state index contributed by atoms with van der Waals surface area (Å²) < 4.78 is 0. The van der Waals surface area contributed by atoms with Crippen LogP contribution < -0.4 is 0 Å². The van der Waals surface area contributed by atoms with Crippen molar-refractivity contribution in [3.05, 3.63) is 48.0 Å². The van der Waals surface area contributed by atoms with Gasteiger partial charge in [-0.25, -0.2) is 0 Å². The minimum Gasteiger partial charge on any atom is -0.0625 e. The van der Waals surface area contributed by atoms with Crippen molar-refractivity contribution in [2.45, 2.75) is 20.3 Å². The first-order valence-corrected chi connectivity index (χ1v) is 5.23. The van der Waals surface area contributed by atoms with Crippen LogP contribution in [-0.4, -0.2) is 0 Å². The van der Waals surface area contributed by atoms with Crippen LogP contribution in [0.25, 0.3) is 11.1 Å². The fourth-order valence-electron chi connectivity index (χ4n) is 1.85. The van der Waals surface area contributed by atoms with E-state index in [1.165, 1.54) is 16.7 Å². The van der Waals surface area contributed by atoms with Crippen LogP contribution in [0.5, 0.6) is 0 Å². The molecule has 14 heavy (non-hydrogen) atoms. The molecular weight excluding hydrogens is 168 g/mol. The van der Waals surface area contributed by atoms with Crippen molar-refractivity contribution >= 4 is 0 Å². The minimum atomic E-state index is 0.724. The van der Waals surface area contributed by atoms with E-state index < -0.39 is 0 Å². The molecule has 0 aromatic carbocycles. The Balaban J connectivity index is 2.39. The lowest BCUT2D eigenvalue weighted by Gasteiger charge is -2.02. The summed E-state index contributed by atoms with van der Waals surface area (Å²) in [5.74, 6) is 0.724. The molecule has 0 heteroatoms. The van der Waals surface area contributed by atoms with Gasteiger partial charge < -0.3 is 0 Å². The Morgan fingerprint density at radius 2 is 1.57 bits per heavy atom. The molecule has 0 nitrogen and oxygen atoms in total. The summed E-state index contributed by atoms with van der Waals surface area (Å²) in [6.45, 7) is 4.52. The Morgan fingerprint density at radius 1 is 0.929 bits per heavy atom. The van der Waals surface area contributed by atoms with Crippen molar-refractivity contribution in [3.63, 3.8) is 0 Å². The third-order valence-corrected chi connectivity index (χ3v) is 2.46. The second-order valence-corrected chi connectivity index (χ2v) is 4.28. The first kappa shape index (κ1) is 9.26. The van der Waals surface area contributed by atoms with E-state index in [4.69, 9.17) is 0 Å². The zero-order valence-electron chi connectivity index (χ0n) is 8.83. The zero-order chi connectivity index (χ0) is 9.97. The van der Waals surface area contributed by atoms with Crippen LogP contribution >= 0.6 is 0 Å². The van der Waals surface area contributed by atoms with Gasteiger partial charge in [-0.2, -0.15) is 0 Å². The third-order valence-electron chi connectivity index (χ3n) is 2.46. The SMILES string of the molecule is CC(C)Cc1cccc2cccc-2c1. The summed E-state index contributed by atoms with van der Waals surface area (Å²) in [4.78, 5) is 0. The van der Waals surface area contributed by atoms with Gasteiger partial charge in [-0.1, -0.05) is 56.3 Å². The van der Waals surface area contributed by atoms with Gasteiger partial charge in [0.15, 0.2) is 0 Å². The van der Waals surface area contributed by atoms with E-state index in [9.17, 15) is 0 Å². The molecule has 2 rings (SSSR count). The number of fused-ring (bicyclic) bond motifs is 1. The average Bonchev–Trinajstić information content (AvgIpc) is 2.44. The molecule has 0 fully saturated rings. The molecule has 0 spiro atoms. The maximum Gasteiger partial charge on any atom is -0.0181 e. The van der Waals surface area contributed by atoms with Gasteiger partial charge in [-0.05, 0) is 29.0 Å². The second-order valence-electron chi connectivity index (χ2n) is 4.28. The standard InChI is InChI=1S/C14H16/c1-11(2)9-12-5-3-6-13-7-4-8-14(13)10-12/h3-8,10-11H,9H2,1-2H3. The molecule has 0 amide bonds. The van der Waals surface area contributed by atoms with Crippen molar-refractivity contribution in [1.82, 2.24) is 0 Å². The number of rotatable bonds is 2. The monoisotopic (exact) mass is 184 g/mol. The molecule has 0 atom stereocenters. The van der Waals surface area contributed by atoms with E-state index >= 15 is 0 Å². The molecule has 0 saturated carbocycles. The lowest BCUT2D eigenvalue weighted by atomic mass is 10.0. The fourth-order valence-corrected chi connectivity index (χ4v) is 1.85. The van der Waals surface area contributed by atoms with Crippen LogP contribution in [0.4, 0.5) is 0 Å². The Morgan fingerprint density at radius 3 is 2.29 bits per heavy atom. The van der Waals surface area contributed by atoms with E-state index in [0.717, 1.165) is 12.3 Å². The zero-order valence-corrected chi connectivity index (χ0v) is 8.83. The Labute approximate surface area is 85.9 Å². The van der Waals surface area contributed by atoms with Gasteiger partial charge in [-0.15, -0.1) is 0 Å². The minimum absolute atomic E-state index is 0.724. The van der Waals surface area contributed by atoms with Crippen LogP contribution in [0.2, 0.25) is 0 Å². The lowest BCUT2D eigenvalue weighted by Crippen LogP contribution is -1.91. The van der Waals surface area contributed by atoms with Gasteiger partial charge in [0, 0.05) is 0 Å². The highest BCUT2D eigenvalue weighted by Gasteiger charge is 2.01. The highest BCUT2D eigenvalue weighted by Crippen LogP contribution is 2.23. The van der Waals surface area contributed by atoms with E-state index in [1.807, 2.05) is 0 Å². The van der Waals surface area contributed by atoms with Crippen molar-refractivity contribution in [3.8, 4) is 11.1 Å². The first-order valence-electron chi connectivity index (χ1n) is 5.23. The molecule has 0 bridgehead atoms. The molecule has 0 N–H and O–H groups in total. The third kappa shape index (κ3) is 1.95. The van der Waals surface area contributed by atoms with Gasteiger partial charge >= 0.3 is 0 Å². The maximum absolute atomic E-state index is 2.30. The fraction of sp³-hybridized carbons (Fsp3) is 0.286. The van der Waals surface area contributed by atoms with E-state index in [-0.39, 0.29) is 0 Å². The first-order chi connectivity index (χ1) is 6.75. The van der Waals surface area contributed by atoms with Gasteiger partial charge in [0.1, 0.15) is 0 Å². The van der Waals surface area contributed by atoms with Crippen LogP contribution in [-0.2, 0) is 6.42 Å². The molecule has 0 aromatic rings. The highest BCUT2D eigenvalue weighted by atomic mass is 14.1. The Kier molecular flexibility index (Phi) is 2.53. The van der Waals surface area contributed by atoms with Crippen LogP contribution in [0.15, 0.2) is 42.5 Å². The number of hydrogen-bond acceptors (Lipinski definition) is 0. The molecule has 0 saturated heterocycles. The summed E-state index contributed by atoms with van der Waals surface area (Å²) in [6, 6.07) is 15.3. The molecule has 0 aromatic heterocycles. The summed E-state index contributed by atoms with van der Waals surface area (Å²) in [7, 11) is 0. The van der Waals surface area contributed by atoms with Crippen molar-refractivity contribution in [2.24, 2.45) is 5.92 Å². The van der Waals surface area contributed by atoms with Crippen LogP contribution in [0, 0.1) is 5.92 Å². The van der Waals surface area contributed by atoms with Crippen LogP contribution in [0.3, 0.4) is 0 Å². The van der Waals surface area contributed by atoms with E-state index in [0.29, 0.717) is 0 Å². The summed E-state index contributed by atoms with van der Waals surface area (Å²) >= 11 is 0. The van der Waals surface area contributed by atoms with E-state index in [2.05, 4.69) is 56.3 Å². The molecule has 0 unspecified atom stereocenters. The Hall–Kier alpha value is -1.30. The molecular formula is C14H16. The van der Waals surface area contributed by atoms with Crippen LogP contribution in [0.1, 0.15) is 19.4 Å². The summed E-state index contributed by atoms with van der Waals surface area (Å²) in [5.41, 5.74) is 4.12. The van der Waals surface area contributed by atoms with Gasteiger partial charge in [-0.3, -0.25) is 0 Å². The van der Waals surface area contributed by atoms with Crippen molar-refractivity contribution in [2.75, 3.05) is 0 Å². The summed E-state index contributed by atoms with van der Waals surface area (Å²) in [6.07, 6.45) is 1.16. The van der Waals surface area contributed by atoms with Crippen molar-refractivity contribution in [1.29, 1.82) is 0 Å². The maximum atomic E-state index is 2.30. The predicted octanol–water partition coefficient (Wildman–Crippen LogP) is 3.99. The summed E-state index contributed by atoms with van der Waals surface area (Å²) in [5, 5.41) is 0. The lowest BCUT2D eigenvalue weighted by molar-refractivity contribution is 0.648. The van der Waals surface area contributed by atoms with Gasteiger partial charge in [0.05, 0.1) is 0 Å². The largest absolute Gasteiger partial charge is 0.0625 e. The Bertz CT molecular complexity index is 387. The molecule has 0 aliphatic heterocycles. The smallest absolute Gasteiger partial charge is 0.0181 e. The topological polar surface area (TPSA) is 0 Å². The average molecular weight is 184 g/mol. The van der Waals surface area contributed by atoms with E-state index in [1.54, 1.807) is 0 Å². The van der Waals surface area contributed by atoms with Gasteiger partial charge in [0.2, 0.25) is 0 Å². The normalized spacial score (nSPS) is 11.1. The van der Waals surface area contributed by atoms with Crippen molar-refractivity contribution < 1.29 is 0 Å². The van der Waals surface area contributed by atoms with Gasteiger partial charge in [0.25, 0.3) is 0 Å². The molecule has 2 aliphatic rings. The quantitative estimate of drug-likeness (QED) is 0.662. The predicted molar refractivity (Wildman–Crippen MR) is 61.6 cm³/mol. The molecule has 0 radical (unpaired) electrons. The second kappa shape index (κ2) is 3.83.